The molecule has 8 nitrogen and oxygen atoms in total. The molecule has 0 bridgehead atoms. The maximum absolute atomic E-state index is 12.4. The standard InChI is InChI=1S/C15H17N2O6PS/c1-22-5-4-16-15(18)9-2-3-11(23-8-24(19,20)21)13-10(9)6-12-14(13)17-7-25-12/h2-3,7H,4-6,8H2,1H3,(H,16,18)(H2,19,20,21). The van der Waals surface area contributed by atoms with Gasteiger partial charge in [0.1, 0.15) is 5.75 Å². The van der Waals surface area contributed by atoms with E-state index in [0.717, 1.165) is 10.4 Å². The quantitative estimate of drug-likeness (QED) is 0.418. The van der Waals surface area contributed by atoms with E-state index in [1.54, 1.807) is 24.8 Å². The molecule has 3 N–H and O–H groups in total. The Morgan fingerprint density at radius 2 is 2.24 bits per heavy atom. The van der Waals surface area contributed by atoms with Crippen LogP contribution >= 0.6 is 18.9 Å². The number of hydrogen-bond donors (Lipinski definition) is 3. The third kappa shape index (κ3) is 3.91. The van der Waals surface area contributed by atoms with Crippen LogP contribution in [0.15, 0.2) is 17.6 Å². The molecule has 0 saturated carbocycles. The van der Waals surface area contributed by atoms with Crippen molar-refractivity contribution in [1.82, 2.24) is 10.3 Å². The van der Waals surface area contributed by atoms with E-state index < -0.39 is 13.9 Å². The summed E-state index contributed by atoms with van der Waals surface area (Å²) in [4.78, 5) is 35.8. The minimum Gasteiger partial charge on any atom is -0.480 e. The topological polar surface area (TPSA) is 118 Å². The fourth-order valence-electron chi connectivity index (χ4n) is 2.68. The number of carbonyl (C=O) groups excluding carboxylic acids is 1. The minimum absolute atomic E-state index is 0.231. The van der Waals surface area contributed by atoms with Crippen molar-refractivity contribution in [3.05, 3.63) is 33.6 Å². The lowest BCUT2D eigenvalue weighted by atomic mass is 10.0. The van der Waals surface area contributed by atoms with E-state index in [9.17, 15) is 9.36 Å². The molecule has 3 rings (SSSR count). The van der Waals surface area contributed by atoms with E-state index in [1.807, 2.05) is 0 Å². The van der Waals surface area contributed by atoms with Crippen molar-refractivity contribution in [1.29, 1.82) is 0 Å². The van der Waals surface area contributed by atoms with Gasteiger partial charge in [0, 0.05) is 36.1 Å². The molecule has 0 radical (unpaired) electrons. The van der Waals surface area contributed by atoms with Crippen LogP contribution < -0.4 is 10.1 Å². The van der Waals surface area contributed by atoms with Crippen LogP contribution in [0.2, 0.25) is 0 Å². The van der Waals surface area contributed by atoms with Gasteiger partial charge in [-0.2, -0.15) is 0 Å². The first-order valence-corrected chi connectivity index (χ1v) is 10.1. The predicted octanol–water partition coefficient (Wildman–Crippen LogP) is 1.60. The van der Waals surface area contributed by atoms with Crippen molar-refractivity contribution in [2.45, 2.75) is 6.42 Å². The SMILES string of the molecule is COCCNC(=O)c1ccc(OCP(=O)(O)O)c2c1Cc1scnc1-2. The number of amides is 1. The number of aromatic nitrogens is 1. The Bertz CT molecular complexity index is 847. The first-order chi connectivity index (χ1) is 11.9. The van der Waals surface area contributed by atoms with Crippen molar-refractivity contribution >= 4 is 24.8 Å². The van der Waals surface area contributed by atoms with Gasteiger partial charge in [-0.05, 0) is 17.7 Å². The third-order valence-corrected chi connectivity index (χ3v) is 5.01. The van der Waals surface area contributed by atoms with Crippen molar-refractivity contribution in [2.75, 3.05) is 26.6 Å². The van der Waals surface area contributed by atoms with E-state index >= 15 is 0 Å². The molecule has 0 aliphatic heterocycles. The van der Waals surface area contributed by atoms with Gasteiger partial charge in [0.25, 0.3) is 5.91 Å². The average molecular weight is 384 g/mol. The average Bonchev–Trinajstić information content (AvgIpc) is 3.12. The molecule has 134 valence electrons. The summed E-state index contributed by atoms with van der Waals surface area (Å²) in [7, 11) is -2.75. The highest BCUT2D eigenvalue weighted by Gasteiger charge is 2.30. The zero-order valence-corrected chi connectivity index (χ0v) is 15.1. The summed E-state index contributed by atoms with van der Waals surface area (Å²) in [6, 6.07) is 3.15. The van der Waals surface area contributed by atoms with E-state index in [0.29, 0.717) is 42.1 Å². The van der Waals surface area contributed by atoms with Gasteiger partial charge in [-0.3, -0.25) is 9.36 Å². The lowest BCUT2D eigenvalue weighted by molar-refractivity contribution is 0.0936. The summed E-state index contributed by atoms with van der Waals surface area (Å²) in [6.07, 6.45) is -0.187. The van der Waals surface area contributed by atoms with E-state index in [4.69, 9.17) is 19.3 Å². The Hall–Kier alpha value is -1.77. The number of fused-ring (bicyclic) bond motifs is 3. The minimum atomic E-state index is -4.31. The Labute approximate surface area is 148 Å². The molecule has 0 atom stereocenters. The van der Waals surface area contributed by atoms with Crippen molar-refractivity contribution in [3.8, 4) is 17.0 Å². The number of rotatable bonds is 7. The Balaban J connectivity index is 1.94. The van der Waals surface area contributed by atoms with Crippen LogP contribution in [0.3, 0.4) is 0 Å². The van der Waals surface area contributed by atoms with E-state index in [-0.39, 0.29) is 5.91 Å². The molecule has 2 aromatic rings. The second kappa shape index (κ2) is 7.23. The number of hydrogen-bond acceptors (Lipinski definition) is 6. The van der Waals surface area contributed by atoms with Gasteiger partial charge in [-0.1, -0.05) is 0 Å². The molecular weight excluding hydrogens is 367 g/mol. The molecule has 1 aliphatic rings. The summed E-state index contributed by atoms with van der Waals surface area (Å²) in [5.74, 6) is 0.0846. The van der Waals surface area contributed by atoms with Crippen LogP contribution in [-0.2, 0) is 15.7 Å². The fraction of sp³-hybridized carbons (Fsp3) is 0.333. The predicted molar refractivity (Wildman–Crippen MR) is 92.1 cm³/mol. The molecular formula is C15H17N2O6PS. The molecule has 25 heavy (non-hydrogen) atoms. The Morgan fingerprint density at radius 1 is 1.44 bits per heavy atom. The molecule has 0 saturated heterocycles. The molecule has 1 heterocycles. The van der Waals surface area contributed by atoms with Gasteiger partial charge in [0.15, 0.2) is 6.35 Å². The van der Waals surface area contributed by atoms with Gasteiger partial charge in [-0.15, -0.1) is 11.3 Å². The number of methoxy groups -OCH3 is 1. The molecule has 1 amide bonds. The third-order valence-electron chi connectivity index (χ3n) is 3.71. The highest BCUT2D eigenvalue weighted by Crippen LogP contribution is 2.46. The maximum Gasteiger partial charge on any atom is 0.362 e. The maximum atomic E-state index is 12.4. The second-order valence-corrected chi connectivity index (χ2v) is 7.98. The largest absolute Gasteiger partial charge is 0.480 e. The molecule has 10 heteroatoms. The normalized spacial score (nSPS) is 12.6. The molecule has 1 aliphatic carbocycles. The molecule has 0 unspecified atom stereocenters. The highest BCUT2D eigenvalue weighted by atomic mass is 32.1. The van der Waals surface area contributed by atoms with Gasteiger partial charge < -0.3 is 24.6 Å². The van der Waals surface area contributed by atoms with Crippen LogP contribution in [0.4, 0.5) is 0 Å². The van der Waals surface area contributed by atoms with Gasteiger partial charge in [-0.25, -0.2) is 4.98 Å². The summed E-state index contributed by atoms with van der Waals surface area (Å²) in [6.45, 7) is 0.799. The van der Waals surface area contributed by atoms with E-state index in [2.05, 4.69) is 10.3 Å². The first kappa shape index (κ1) is 18.0. The van der Waals surface area contributed by atoms with Gasteiger partial charge >= 0.3 is 7.60 Å². The summed E-state index contributed by atoms with van der Waals surface area (Å²) in [5, 5.41) is 2.78. The summed E-state index contributed by atoms with van der Waals surface area (Å²) in [5.41, 5.74) is 4.29. The van der Waals surface area contributed by atoms with Crippen molar-refractivity contribution in [2.24, 2.45) is 0 Å². The van der Waals surface area contributed by atoms with Crippen LogP contribution in [0, 0.1) is 0 Å². The summed E-state index contributed by atoms with van der Waals surface area (Å²) >= 11 is 1.47. The lowest BCUT2D eigenvalue weighted by Gasteiger charge is -2.14. The number of benzene rings is 1. The van der Waals surface area contributed by atoms with Gasteiger partial charge in [0.05, 0.1) is 17.8 Å². The number of nitrogens with one attached hydrogen (secondary N) is 1. The monoisotopic (exact) mass is 384 g/mol. The molecule has 1 aromatic heterocycles. The Kier molecular flexibility index (Phi) is 5.21. The lowest BCUT2D eigenvalue weighted by Crippen LogP contribution is -2.27. The molecule has 0 spiro atoms. The van der Waals surface area contributed by atoms with E-state index in [1.165, 1.54) is 11.3 Å². The smallest absolute Gasteiger partial charge is 0.362 e. The number of nitrogens with zero attached hydrogens (tertiary/aromatic N) is 1. The number of carbonyl (C=O) groups is 1. The highest BCUT2D eigenvalue weighted by molar-refractivity contribution is 7.51. The van der Waals surface area contributed by atoms with Crippen LogP contribution in [0.5, 0.6) is 5.75 Å². The number of ether oxygens (including phenoxy) is 2. The second-order valence-electron chi connectivity index (χ2n) is 5.45. The fourth-order valence-corrected chi connectivity index (χ4v) is 3.77. The van der Waals surface area contributed by atoms with Crippen molar-refractivity contribution < 1.29 is 28.6 Å². The first-order valence-electron chi connectivity index (χ1n) is 7.44. The molecule has 1 aromatic carbocycles. The zero-order valence-electron chi connectivity index (χ0n) is 13.4. The van der Waals surface area contributed by atoms with Crippen LogP contribution in [0.1, 0.15) is 20.8 Å². The van der Waals surface area contributed by atoms with Crippen LogP contribution in [0.25, 0.3) is 11.3 Å². The van der Waals surface area contributed by atoms with Gasteiger partial charge in [0.2, 0.25) is 0 Å². The van der Waals surface area contributed by atoms with Crippen LogP contribution in [-0.4, -0.2) is 47.3 Å². The zero-order chi connectivity index (χ0) is 18.0. The Morgan fingerprint density at radius 3 is 2.96 bits per heavy atom. The summed E-state index contributed by atoms with van der Waals surface area (Å²) < 4.78 is 21.3. The van der Waals surface area contributed by atoms with Crippen molar-refractivity contribution in [3.63, 3.8) is 0 Å². The number of thiazole rings is 1. The molecule has 0 fully saturated rings.